The lowest BCUT2D eigenvalue weighted by atomic mass is 10.1. The number of hydrogen-bond donors (Lipinski definition) is 2. The summed E-state index contributed by atoms with van der Waals surface area (Å²) >= 11 is 2.17. The van der Waals surface area contributed by atoms with E-state index in [1.807, 2.05) is 0 Å². The zero-order chi connectivity index (χ0) is 10.8. The molecule has 1 heterocycles. The van der Waals surface area contributed by atoms with E-state index >= 15 is 0 Å². The molecule has 1 aliphatic carbocycles. The number of nitrogens with zero attached hydrogens (tertiary/aromatic N) is 2. The van der Waals surface area contributed by atoms with Gasteiger partial charge < -0.3 is 10.8 Å². The zero-order valence-electron chi connectivity index (χ0n) is 8.56. The largest absolute Gasteiger partial charge is 0.391 e. The van der Waals surface area contributed by atoms with Crippen LogP contribution in [-0.4, -0.2) is 21.0 Å². The maximum absolute atomic E-state index is 10.0. The summed E-state index contributed by atoms with van der Waals surface area (Å²) in [6.07, 6.45) is 6.75. The van der Waals surface area contributed by atoms with E-state index in [4.69, 9.17) is 5.73 Å². The second-order valence-electron chi connectivity index (χ2n) is 4.10. The van der Waals surface area contributed by atoms with Crippen molar-refractivity contribution in [2.45, 2.75) is 44.2 Å². The molecular weight excluding hydrogens is 305 g/mol. The van der Waals surface area contributed by atoms with Gasteiger partial charge in [-0.05, 0) is 35.4 Å². The van der Waals surface area contributed by atoms with Gasteiger partial charge in [0.2, 0.25) is 0 Å². The van der Waals surface area contributed by atoms with E-state index in [-0.39, 0.29) is 12.1 Å². The molecule has 4 nitrogen and oxygen atoms in total. The Morgan fingerprint density at radius 1 is 1.40 bits per heavy atom. The Balaban J connectivity index is 2.24. The van der Waals surface area contributed by atoms with Gasteiger partial charge in [0.15, 0.2) is 0 Å². The smallest absolute Gasteiger partial charge is 0.135 e. The van der Waals surface area contributed by atoms with Crippen molar-refractivity contribution in [1.29, 1.82) is 0 Å². The van der Waals surface area contributed by atoms with Gasteiger partial charge in [-0.1, -0.05) is 19.3 Å². The van der Waals surface area contributed by atoms with Crippen LogP contribution in [0.15, 0.2) is 6.20 Å². The molecule has 1 aromatic rings. The molecule has 0 saturated heterocycles. The Bertz CT molecular complexity index is 339. The lowest BCUT2D eigenvalue weighted by Gasteiger charge is -2.21. The molecule has 0 bridgehead atoms. The van der Waals surface area contributed by atoms with Gasteiger partial charge in [-0.2, -0.15) is 5.10 Å². The Morgan fingerprint density at radius 2 is 2.13 bits per heavy atom. The first-order valence-electron chi connectivity index (χ1n) is 5.36. The number of nitrogen functional groups attached to an aromatic ring is 1. The Labute approximate surface area is 103 Å². The lowest BCUT2D eigenvalue weighted by molar-refractivity contribution is 0.100. The van der Waals surface area contributed by atoms with Crippen molar-refractivity contribution in [1.82, 2.24) is 9.78 Å². The number of rotatable bonds is 1. The fraction of sp³-hybridized carbons (Fsp3) is 0.700. The van der Waals surface area contributed by atoms with Crippen molar-refractivity contribution in [2.24, 2.45) is 0 Å². The summed E-state index contributed by atoms with van der Waals surface area (Å²) in [5.41, 5.74) is 5.93. The fourth-order valence-corrected chi connectivity index (χ4v) is 2.54. The number of aliphatic hydroxyl groups excluding tert-OH is 1. The van der Waals surface area contributed by atoms with Crippen LogP contribution in [0.4, 0.5) is 5.82 Å². The van der Waals surface area contributed by atoms with E-state index in [1.165, 1.54) is 6.42 Å². The van der Waals surface area contributed by atoms with E-state index in [0.717, 1.165) is 29.3 Å². The number of hydrogen-bond acceptors (Lipinski definition) is 3. The number of anilines is 1. The van der Waals surface area contributed by atoms with Gasteiger partial charge in [0.1, 0.15) is 5.82 Å². The van der Waals surface area contributed by atoms with Crippen LogP contribution in [0.1, 0.15) is 38.1 Å². The van der Waals surface area contributed by atoms with Crippen LogP contribution in [-0.2, 0) is 0 Å². The van der Waals surface area contributed by atoms with Crippen molar-refractivity contribution >= 4 is 28.4 Å². The Kier molecular flexibility index (Phi) is 3.50. The molecule has 1 aliphatic rings. The third kappa shape index (κ3) is 2.28. The zero-order valence-corrected chi connectivity index (χ0v) is 10.7. The van der Waals surface area contributed by atoms with Crippen LogP contribution in [0.3, 0.4) is 0 Å². The summed E-state index contributed by atoms with van der Waals surface area (Å²) in [5, 5.41) is 14.3. The number of halogens is 1. The second-order valence-corrected chi connectivity index (χ2v) is 5.26. The highest BCUT2D eigenvalue weighted by Crippen LogP contribution is 2.30. The molecule has 0 amide bonds. The summed E-state index contributed by atoms with van der Waals surface area (Å²) in [7, 11) is 0. The first-order valence-corrected chi connectivity index (χ1v) is 6.44. The van der Waals surface area contributed by atoms with Crippen molar-refractivity contribution in [3.8, 4) is 0 Å². The predicted molar refractivity (Wildman–Crippen MR) is 67.5 cm³/mol. The molecule has 0 spiro atoms. The average molecular weight is 321 g/mol. The van der Waals surface area contributed by atoms with Gasteiger partial charge in [-0.25, -0.2) is 4.68 Å². The summed E-state index contributed by atoms with van der Waals surface area (Å²) in [4.78, 5) is 0. The summed E-state index contributed by atoms with van der Waals surface area (Å²) in [5.74, 6) is 0.682. The molecule has 2 atom stereocenters. The lowest BCUT2D eigenvalue weighted by Crippen LogP contribution is -2.25. The van der Waals surface area contributed by atoms with Gasteiger partial charge in [-0.15, -0.1) is 0 Å². The Hall–Kier alpha value is -0.300. The van der Waals surface area contributed by atoms with Crippen LogP contribution >= 0.6 is 22.6 Å². The number of aromatic nitrogens is 2. The molecular formula is C10H16IN3O. The van der Waals surface area contributed by atoms with E-state index in [1.54, 1.807) is 10.9 Å². The van der Waals surface area contributed by atoms with E-state index in [9.17, 15) is 5.11 Å². The van der Waals surface area contributed by atoms with Crippen LogP contribution < -0.4 is 5.73 Å². The van der Waals surface area contributed by atoms with Crippen molar-refractivity contribution < 1.29 is 5.11 Å². The SMILES string of the molecule is Nc1c(I)cnn1C1CCCCCC1O. The van der Waals surface area contributed by atoms with Crippen LogP contribution in [0.25, 0.3) is 0 Å². The molecule has 5 heteroatoms. The normalized spacial score (nSPS) is 27.6. The van der Waals surface area contributed by atoms with Gasteiger partial charge in [0.25, 0.3) is 0 Å². The van der Waals surface area contributed by atoms with Crippen LogP contribution in [0.2, 0.25) is 0 Å². The average Bonchev–Trinajstić information content (AvgIpc) is 2.43. The summed E-state index contributed by atoms with van der Waals surface area (Å²) in [6.45, 7) is 0. The third-order valence-corrected chi connectivity index (χ3v) is 3.88. The molecule has 0 aromatic carbocycles. The summed E-state index contributed by atoms with van der Waals surface area (Å²) < 4.78 is 2.75. The van der Waals surface area contributed by atoms with Crippen molar-refractivity contribution in [3.05, 3.63) is 9.77 Å². The number of aliphatic hydroxyl groups is 1. The predicted octanol–water partition coefficient (Wildman–Crippen LogP) is 1.94. The van der Waals surface area contributed by atoms with Gasteiger partial charge in [-0.3, -0.25) is 0 Å². The quantitative estimate of drug-likeness (QED) is 0.614. The highest BCUT2D eigenvalue weighted by atomic mass is 127. The van der Waals surface area contributed by atoms with Gasteiger partial charge in [0, 0.05) is 0 Å². The molecule has 1 aromatic heterocycles. The van der Waals surface area contributed by atoms with E-state index in [2.05, 4.69) is 27.7 Å². The molecule has 1 fully saturated rings. The third-order valence-electron chi connectivity index (χ3n) is 3.05. The molecule has 1 saturated carbocycles. The highest BCUT2D eigenvalue weighted by Gasteiger charge is 2.25. The summed E-state index contributed by atoms with van der Waals surface area (Å²) in [6, 6.07) is 0.0658. The molecule has 0 radical (unpaired) electrons. The molecule has 2 rings (SSSR count). The first kappa shape index (κ1) is 11.2. The van der Waals surface area contributed by atoms with Crippen molar-refractivity contribution in [3.63, 3.8) is 0 Å². The molecule has 84 valence electrons. The second kappa shape index (κ2) is 4.69. The maximum Gasteiger partial charge on any atom is 0.135 e. The minimum atomic E-state index is -0.300. The maximum atomic E-state index is 10.0. The number of nitrogens with two attached hydrogens (primary N) is 1. The topological polar surface area (TPSA) is 64.1 Å². The van der Waals surface area contributed by atoms with Crippen LogP contribution in [0, 0.1) is 3.57 Å². The van der Waals surface area contributed by atoms with E-state index < -0.39 is 0 Å². The van der Waals surface area contributed by atoms with E-state index in [0.29, 0.717) is 5.82 Å². The van der Waals surface area contributed by atoms with Gasteiger partial charge >= 0.3 is 0 Å². The molecule has 15 heavy (non-hydrogen) atoms. The first-order chi connectivity index (χ1) is 7.20. The standard InChI is InChI=1S/C10H16IN3O/c11-7-6-13-14(10(7)12)8-4-2-1-3-5-9(8)15/h6,8-9,15H,1-5,12H2. The van der Waals surface area contributed by atoms with Gasteiger partial charge in [0.05, 0.1) is 21.9 Å². The molecule has 3 N–H and O–H groups in total. The Morgan fingerprint density at radius 3 is 2.80 bits per heavy atom. The minimum absolute atomic E-state index is 0.0658. The minimum Gasteiger partial charge on any atom is -0.391 e. The van der Waals surface area contributed by atoms with Crippen molar-refractivity contribution in [2.75, 3.05) is 5.73 Å². The fourth-order valence-electron chi connectivity index (χ4n) is 2.17. The molecule has 0 aliphatic heterocycles. The molecule has 2 unspecified atom stereocenters. The highest BCUT2D eigenvalue weighted by molar-refractivity contribution is 14.1. The van der Waals surface area contributed by atoms with Crippen LogP contribution in [0.5, 0.6) is 0 Å². The monoisotopic (exact) mass is 321 g/mol.